The highest BCUT2D eigenvalue weighted by Crippen LogP contribution is 2.35. The van der Waals surface area contributed by atoms with Crippen LogP contribution in [-0.4, -0.2) is 38.5 Å². The van der Waals surface area contributed by atoms with Crippen molar-refractivity contribution in [3.05, 3.63) is 84.1 Å². The summed E-state index contributed by atoms with van der Waals surface area (Å²) in [6.45, 7) is 12.0. The Morgan fingerprint density at radius 2 is 1.88 bits per heavy atom. The number of aliphatic hydroxyl groups is 1. The van der Waals surface area contributed by atoms with Gasteiger partial charge in [-0.15, -0.1) is 6.58 Å². The summed E-state index contributed by atoms with van der Waals surface area (Å²) in [5, 5.41) is 15.7. The molecule has 1 atom stereocenters. The maximum atomic E-state index is 10.7. The van der Waals surface area contributed by atoms with Gasteiger partial charge in [-0.2, -0.15) is 5.10 Å². The van der Waals surface area contributed by atoms with Gasteiger partial charge in [0.05, 0.1) is 22.5 Å². The summed E-state index contributed by atoms with van der Waals surface area (Å²) in [7, 11) is 0. The molecule has 1 aliphatic rings. The van der Waals surface area contributed by atoms with Crippen molar-refractivity contribution in [3.63, 3.8) is 0 Å². The first kappa shape index (κ1) is 23.3. The topological polar surface area (TPSA) is 50.5 Å². The van der Waals surface area contributed by atoms with Gasteiger partial charge in [-0.25, -0.2) is 4.68 Å². The second-order valence-corrected chi connectivity index (χ2v) is 9.42. The highest BCUT2D eigenvalue weighted by molar-refractivity contribution is 5.44. The van der Waals surface area contributed by atoms with Crippen molar-refractivity contribution in [1.82, 2.24) is 14.7 Å². The highest BCUT2D eigenvalue weighted by Gasteiger charge is 2.30. The van der Waals surface area contributed by atoms with Crippen LogP contribution in [0.3, 0.4) is 0 Å². The van der Waals surface area contributed by atoms with Crippen LogP contribution >= 0.6 is 0 Å². The van der Waals surface area contributed by atoms with Crippen molar-refractivity contribution in [2.75, 3.05) is 13.1 Å². The van der Waals surface area contributed by atoms with Gasteiger partial charge >= 0.3 is 0 Å². The van der Waals surface area contributed by atoms with Crippen molar-refractivity contribution in [2.45, 2.75) is 52.2 Å². The summed E-state index contributed by atoms with van der Waals surface area (Å²) in [4.78, 5) is 2.33. The molecule has 5 heteroatoms. The van der Waals surface area contributed by atoms with Crippen LogP contribution in [-0.2, 0) is 13.0 Å². The minimum absolute atomic E-state index is 0.524. The maximum Gasteiger partial charge on any atom is 0.227 e. The van der Waals surface area contributed by atoms with E-state index in [9.17, 15) is 5.11 Å². The third kappa shape index (κ3) is 5.92. The zero-order valence-electron chi connectivity index (χ0n) is 20.0. The Bertz CT molecular complexity index is 1070. The molecule has 33 heavy (non-hydrogen) atoms. The van der Waals surface area contributed by atoms with Crippen molar-refractivity contribution in [1.29, 1.82) is 0 Å². The predicted molar refractivity (Wildman–Crippen MR) is 133 cm³/mol. The number of rotatable bonds is 11. The number of ether oxygens (including phenoxy) is 1. The molecule has 2 aromatic carbocycles. The van der Waals surface area contributed by atoms with Gasteiger partial charge in [-0.05, 0) is 63.3 Å². The van der Waals surface area contributed by atoms with E-state index in [0.717, 1.165) is 41.5 Å². The molecule has 1 saturated carbocycles. The van der Waals surface area contributed by atoms with Crippen molar-refractivity contribution in [2.24, 2.45) is 5.92 Å². The van der Waals surface area contributed by atoms with Crippen LogP contribution in [0.5, 0.6) is 11.6 Å². The normalized spacial score (nSPS) is 15.4. The molecule has 1 aromatic heterocycles. The number of para-hydroxylation sites is 1. The smallest absolute Gasteiger partial charge is 0.227 e. The van der Waals surface area contributed by atoms with E-state index >= 15 is 0 Å². The summed E-state index contributed by atoms with van der Waals surface area (Å²) < 4.78 is 8.41. The lowest BCUT2D eigenvalue weighted by molar-refractivity contribution is 0.0564. The third-order valence-corrected chi connectivity index (χ3v) is 6.17. The van der Waals surface area contributed by atoms with Crippen LogP contribution in [0.4, 0.5) is 0 Å². The molecule has 0 radical (unpaired) electrons. The van der Waals surface area contributed by atoms with Crippen LogP contribution in [0.1, 0.15) is 43.5 Å². The van der Waals surface area contributed by atoms with E-state index in [1.165, 1.54) is 18.4 Å². The Morgan fingerprint density at radius 1 is 1.18 bits per heavy atom. The quantitative estimate of drug-likeness (QED) is 0.386. The second kappa shape index (κ2) is 9.94. The summed E-state index contributed by atoms with van der Waals surface area (Å²) in [6, 6.07) is 18.2. The minimum Gasteiger partial charge on any atom is -0.439 e. The van der Waals surface area contributed by atoms with Crippen molar-refractivity contribution in [3.8, 4) is 17.3 Å². The summed E-state index contributed by atoms with van der Waals surface area (Å²) in [6.07, 6.45) is 4.94. The van der Waals surface area contributed by atoms with E-state index < -0.39 is 5.60 Å². The molecule has 4 rings (SSSR count). The fourth-order valence-electron chi connectivity index (χ4n) is 4.08. The molecular weight excluding hydrogens is 410 g/mol. The van der Waals surface area contributed by atoms with Gasteiger partial charge in [-0.1, -0.05) is 48.9 Å². The highest BCUT2D eigenvalue weighted by atomic mass is 16.5. The van der Waals surface area contributed by atoms with Crippen molar-refractivity contribution < 1.29 is 9.84 Å². The molecular formula is C28H35N3O2. The number of nitrogens with zero attached hydrogens (tertiary/aromatic N) is 3. The Hall–Kier alpha value is -2.89. The Balaban J connectivity index is 1.75. The van der Waals surface area contributed by atoms with Crippen LogP contribution < -0.4 is 4.74 Å². The molecule has 0 amide bonds. The van der Waals surface area contributed by atoms with Gasteiger partial charge in [0, 0.05) is 19.6 Å². The zero-order chi connectivity index (χ0) is 23.4. The molecule has 0 bridgehead atoms. The minimum atomic E-state index is -0.950. The lowest BCUT2D eigenvalue weighted by atomic mass is 10.1. The summed E-state index contributed by atoms with van der Waals surface area (Å²) >= 11 is 0. The van der Waals surface area contributed by atoms with Crippen molar-refractivity contribution >= 4 is 0 Å². The first-order chi connectivity index (χ1) is 15.9. The van der Waals surface area contributed by atoms with E-state index in [4.69, 9.17) is 9.84 Å². The van der Waals surface area contributed by atoms with E-state index in [1.54, 1.807) is 6.08 Å². The largest absolute Gasteiger partial charge is 0.439 e. The molecule has 3 aromatic rings. The molecule has 1 fully saturated rings. The molecule has 1 unspecified atom stereocenters. The molecule has 1 aliphatic carbocycles. The molecule has 5 nitrogen and oxygen atoms in total. The lowest BCUT2D eigenvalue weighted by Gasteiger charge is -2.30. The number of aromatic nitrogens is 2. The number of aryl methyl sites for hydroxylation is 2. The van der Waals surface area contributed by atoms with Gasteiger partial charge < -0.3 is 9.84 Å². The van der Waals surface area contributed by atoms with Gasteiger partial charge in [0.25, 0.3) is 0 Å². The average molecular weight is 446 g/mol. The standard InChI is InChI=1S/C28H35N3O2/c1-5-26-25(19-30(18-22-14-15-22)20-28(4,32)6-2)27(33-24-16-12-21(3)13-17-24)31(29-26)23-10-8-7-9-11-23/h6-13,16-17,22,32H,2,5,14-15,18-20H2,1,3-4H3. The van der Waals surface area contributed by atoms with E-state index in [-0.39, 0.29) is 0 Å². The molecule has 0 aliphatic heterocycles. The first-order valence-corrected chi connectivity index (χ1v) is 11.9. The molecule has 1 N–H and O–H groups in total. The average Bonchev–Trinajstić information content (AvgIpc) is 3.57. The SMILES string of the molecule is C=CC(C)(O)CN(Cc1c(CC)nn(-c2ccccc2)c1Oc1ccc(C)cc1)CC1CC1. The van der Waals surface area contributed by atoms with Crippen LogP contribution in [0.2, 0.25) is 0 Å². The predicted octanol–water partition coefficient (Wildman–Crippen LogP) is 5.68. The monoisotopic (exact) mass is 445 g/mol. The van der Waals surface area contributed by atoms with Gasteiger partial charge in [0.1, 0.15) is 5.75 Å². The van der Waals surface area contributed by atoms with Crippen LogP contribution in [0.25, 0.3) is 5.69 Å². The van der Waals surface area contributed by atoms with Crippen LogP contribution in [0.15, 0.2) is 67.3 Å². The van der Waals surface area contributed by atoms with Crippen LogP contribution in [0, 0.1) is 12.8 Å². The Labute approximate surface area is 197 Å². The summed E-state index contributed by atoms with van der Waals surface area (Å²) in [5.74, 6) is 2.22. The fourth-order valence-corrected chi connectivity index (χ4v) is 4.08. The van der Waals surface area contributed by atoms with Gasteiger partial charge in [0.2, 0.25) is 5.88 Å². The maximum absolute atomic E-state index is 10.7. The Morgan fingerprint density at radius 3 is 2.48 bits per heavy atom. The first-order valence-electron chi connectivity index (χ1n) is 11.9. The zero-order valence-corrected chi connectivity index (χ0v) is 20.0. The number of hydrogen-bond acceptors (Lipinski definition) is 4. The molecule has 0 spiro atoms. The molecule has 1 heterocycles. The second-order valence-electron chi connectivity index (χ2n) is 9.42. The van der Waals surface area contributed by atoms with Gasteiger partial charge in [0.15, 0.2) is 0 Å². The summed E-state index contributed by atoms with van der Waals surface area (Å²) in [5.41, 5.74) is 3.29. The Kier molecular flexibility index (Phi) is 7.01. The fraction of sp³-hybridized carbons (Fsp3) is 0.393. The van der Waals surface area contributed by atoms with E-state index in [1.807, 2.05) is 54.1 Å². The number of benzene rings is 2. The third-order valence-electron chi connectivity index (χ3n) is 6.17. The number of hydrogen-bond donors (Lipinski definition) is 1. The van der Waals surface area contributed by atoms with E-state index in [2.05, 4.69) is 37.5 Å². The van der Waals surface area contributed by atoms with Gasteiger partial charge in [-0.3, -0.25) is 4.90 Å². The molecule has 174 valence electrons. The lowest BCUT2D eigenvalue weighted by Crippen LogP contribution is -2.40. The molecule has 0 saturated heterocycles. The van der Waals surface area contributed by atoms with E-state index in [0.29, 0.717) is 19.0 Å².